The van der Waals surface area contributed by atoms with Gasteiger partial charge in [-0.25, -0.2) is 0 Å². The molecule has 0 heterocycles. The predicted molar refractivity (Wildman–Crippen MR) is 57.5 cm³/mol. The van der Waals surface area contributed by atoms with Crippen molar-refractivity contribution in [3.63, 3.8) is 0 Å². The van der Waals surface area contributed by atoms with Gasteiger partial charge in [0.05, 0.1) is 6.61 Å². The Hall–Kier alpha value is -1.28. The maximum atomic E-state index is 5.46. The van der Waals surface area contributed by atoms with Gasteiger partial charge in [-0.05, 0) is 30.2 Å². The Balaban J connectivity index is 2.50. The lowest BCUT2D eigenvalue weighted by molar-refractivity contribution is 0.185. The second kappa shape index (κ2) is 5.45. The lowest BCUT2D eigenvalue weighted by Gasteiger charge is -2.06. The van der Waals surface area contributed by atoms with Crippen LogP contribution in [-0.2, 0) is 11.3 Å². The van der Waals surface area contributed by atoms with E-state index in [2.05, 4.69) is 6.58 Å². The minimum Gasteiger partial charge on any atom is -0.489 e. The summed E-state index contributed by atoms with van der Waals surface area (Å²) in [7, 11) is 1.69. The second-order valence-corrected chi connectivity index (χ2v) is 3.32. The number of benzene rings is 1. The van der Waals surface area contributed by atoms with Gasteiger partial charge in [0.2, 0.25) is 0 Å². The fraction of sp³-hybridized carbons (Fsp3) is 0.333. The van der Waals surface area contributed by atoms with Crippen LogP contribution in [0.1, 0.15) is 12.5 Å². The van der Waals surface area contributed by atoms with Crippen molar-refractivity contribution in [2.24, 2.45) is 0 Å². The fourth-order valence-electron chi connectivity index (χ4n) is 1.06. The molecule has 0 unspecified atom stereocenters. The van der Waals surface area contributed by atoms with Gasteiger partial charge in [-0.3, -0.25) is 0 Å². The maximum absolute atomic E-state index is 5.46. The van der Waals surface area contributed by atoms with E-state index in [0.717, 1.165) is 16.9 Å². The quantitative estimate of drug-likeness (QED) is 0.668. The monoisotopic (exact) mass is 192 g/mol. The Bertz CT molecular complexity index is 288. The number of rotatable bonds is 5. The summed E-state index contributed by atoms with van der Waals surface area (Å²) in [6, 6.07) is 7.88. The van der Waals surface area contributed by atoms with E-state index < -0.39 is 0 Å². The summed E-state index contributed by atoms with van der Waals surface area (Å²) in [5, 5.41) is 0. The normalized spacial score (nSPS) is 9.86. The van der Waals surface area contributed by atoms with E-state index >= 15 is 0 Å². The van der Waals surface area contributed by atoms with Crippen molar-refractivity contribution < 1.29 is 9.47 Å². The van der Waals surface area contributed by atoms with Crippen molar-refractivity contribution in [2.45, 2.75) is 13.5 Å². The number of methoxy groups -OCH3 is 1. The van der Waals surface area contributed by atoms with Crippen LogP contribution in [0.4, 0.5) is 0 Å². The molecule has 0 radical (unpaired) electrons. The van der Waals surface area contributed by atoms with E-state index in [9.17, 15) is 0 Å². The average Bonchev–Trinajstić information content (AvgIpc) is 2.17. The Morgan fingerprint density at radius 3 is 2.43 bits per heavy atom. The third-order valence-electron chi connectivity index (χ3n) is 1.72. The molecular formula is C12H16O2. The van der Waals surface area contributed by atoms with Gasteiger partial charge in [0.25, 0.3) is 0 Å². The van der Waals surface area contributed by atoms with Crippen LogP contribution < -0.4 is 4.74 Å². The van der Waals surface area contributed by atoms with Gasteiger partial charge in [0.1, 0.15) is 12.4 Å². The van der Waals surface area contributed by atoms with E-state index in [1.807, 2.05) is 31.2 Å². The van der Waals surface area contributed by atoms with Crippen LogP contribution in [-0.4, -0.2) is 13.7 Å². The SMILES string of the molecule is C=C(C)COc1ccc(COC)cc1. The molecule has 0 aliphatic rings. The molecule has 2 nitrogen and oxygen atoms in total. The molecular weight excluding hydrogens is 176 g/mol. The summed E-state index contributed by atoms with van der Waals surface area (Å²) in [5.41, 5.74) is 2.17. The molecule has 0 atom stereocenters. The zero-order chi connectivity index (χ0) is 10.4. The van der Waals surface area contributed by atoms with Crippen LogP contribution in [0.15, 0.2) is 36.4 Å². The summed E-state index contributed by atoms with van der Waals surface area (Å²) in [5.74, 6) is 0.868. The van der Waals surface area contributed by atoms with E-state index in [0.29, 0.717) is 13.2 Å². The van der Waals surface area contributed by atoms with E-state index in [4.69, 9.17) is 9.47 Å². The minimum atomic E-state index is 0.573. The smallest absolute Gasteiger partial charge is 0.119 e. The highest BCUT2D eigenvalue weighted by Gasteiger charge is 1.94. The molecule has 0 N–H and O–H groups in total. The molecule has 0 aromatic heterocycles. The van der Waals surface area contributed by atoms with Crippen molar-refractivity contribution in [1.82, 2.24) is 0 Å². The first-order valence-corrected chi connectivity index (χ1v) is 4.57. The summed E-state index contributed by atoms with van der Waals surface area (Å²) < 4.78 is 10.5. The second-order valence-electron chi connectivity index (χ2n) is 3.32. The lowest BCUT2D eigenvalue weighted by Crippen LogP contribution is -1.97. The fourth-order valence-corrected chi connectivity index (χ4v) is 1.06. The molecule has 0 bridgehead atoms. The summed E-state index contributed by atoms with van der Waals surface area (Å²) in [6.45, 7) is 6.93. The molecule has 0 aliphatic carbocycles. The standard InChI is InChI=1S/C12H16O2/c1-10(2)8-14-12-6-4-11(5-7-12)9-13-3/h4-7H,1,8-9H2,2-3H3. The average molecular weight is 192 g/mol. The van der Waals surface area contributed by atoms with Gasteiger partial charge >= 0.3 is 0 Å². The van der Waals surface area contributed by atoms with Crippen LogP contribution in [0.5, 0.6) is 5.75 Å². The van der Waals surface area contributed by atoms with E-state index in [-0.39, 0.29) is 0 Å². The zero-order valence-corrected chi connectivity index (χ0v) is 8.75. The van der Waals surface area contributed by atoms with Gasteiger partial charge < -0.3 is 9.47 Å². The Kier molecular flexibility index (Phi) is 4.20. The van der Waals surface area contributed by atoms with Gasteiger partial charge in [0, 0.05) is 7.11 Å². The number of hydrogen-bond donors (Lipinski definition) is 0. The first kappa shape index (κ1) is 10.8. The number of hydrogen-bond acceptors (Lipinski definition) is 2. The lowest BCUT2D eigenvalue weighted by atomic mass is 10.2. The van der Waals surface area contributed by atoms with Gasteiger partial charge in [-0.1, -0.05) is 18.7 Å². The molecule has 76 valence electrons. The molecule has 0 amide bonds. The Morgan fingerprint density at radius 2 is 1.93 bits per heavy atom. The van der Waals surface area contributed by atoms with Crippen LogP contribution in [0.25, 0.3) is 0 Å². The minimum absolute atomic E-state index is 0.573. The largest absolute Gasteiger partial charge is 0.489 e. The van der Waals surface area contributed by atoms with E-state index in [1.54, 1.807) is 7.11 Å². The van der Waals surface area contributed by atoms with E-state index in [1.165, 1.54) is 0 Å². The van der Waals surface area contributed by atoms with Crippen molar-refractivity contribution in [1.29, 1.82) is 0 Å². The van der Waals surface area contributed by atoms with Crippen molar-refractivity contribution in [3.05, 3.63) is 42.0 Å². The molecule has 2 heteroatoms. The molecule has 1 rings (SSSR count). The molecule has 1 aromatic carbocycles. The van der Waals surface area contributed by atoms with Crippen LogP contribution in [0.3, 0.4) is 0 Å². The summed E-state index contributed by atoms with van der Waals surface area (Å²) in [6.07, 6.45) is 0. The van der Waals surface area contributed by atoms with Crippen LogP contribution in [0, 0.1) is 0 Å². The van der Waals surface area contributed by atoms with Crippen molar-refractivity contribution >= 4 is 0 Å². The summed E-state index contributed by atoms with van der Waals surface area (Å²) in [4.78, 5) is 0. The molecule has 0 spiro atoms. The van der Waals surface area contributed by atoms with Crippen LogP contribution >= 0.6 is 0 Å². The first-order chi connectivity index (χ1) is 6.72. The van der Waals surface area contributed by atoms with Crippen LogP contribution in [0.2, 0.25) is 0 Å². The van der Waals surface area contributed by atoms with Crippen molar-refractivity contribution in [3.8, 4) is 5.75 Å². The molecule has 0 fully saturated rings. The number of ether oxygens (including phenoxy) is 2. The highest BCUT2D eigenvalue weighted by molar-refractivity contribution is 5.27. The molecule has 0 aliphatic heterocycles. The maximum Gasteiger partial charge on any atom is 0.119 e. The molecule has 0 saturated heterocycles. The third-order valence-corrected chi connectivity index (χ3v) is 1.72. The highest BCUT2D eigenvalue weighted by atomic mass is 16.5. The Morgan fingerprint density at radius 1 is 1.29 bits per heavy atom. The highest BCUT2D eigenvalue weighted by Crippen LogP contribution is 2.13. The molecule has 14 heavy (non-hydrogen) atoms. The molecule has 0 saturated carbocycles. The predicted octanol–water partition coefficient (Wildman–Crippen LogP) is 2.79. The third kappa shape index (κ3) is 3.62. The molecule has 1 aromatic rings. The first-order valence-electron chi connectivity index (χ1n) is 4.57. The summed E-state index contributed by atoms with van der Waals surface area (Å²) >= 11 is 0. The Labute approximate surface area is 85.2 Å². The van der Waals surface area contributed by atoms with Gasteiger partial charge in [0.15, 0.2) is 0 Å². The van der Waals surface area contributed by atoms with Gasteiger partial charge in [-0.2, -0.15) is 0 Å². The van der Waals surface area contributed by atoms with Crippen molar-refractivity contribution in [2.75, 3.05) is 13.7 Å². The topological polar surface area (TPSA) is 18.5 Å². The zero-order valence-electron chi connectivity index (χ0n) is 8.75. The van der Waals surface area contributed by atoms with Gasteiger partial charge in [-0.15, -0.1) is 0 Å².